The van der Waals surface area contributed by atoms with Gasteiger partial charge in [-0.1, -0.05) is 13.0 Å². The summed E-state index contributed by atoms with van der Waals surface area (Å²) in [4.78, 5) is 27.8. The molecule has 0 aromatic heterocycles. The lowest BCUT2D eigenvalue weighted by molar-refractivity contribution is -0.158. The molecule has 0 aliphatic carbocycles. The Bertz CT molecular complexity index is 327. The molecular weight excluding hydrogens is 204 g/mol. The number of rotatable bonds is 3. The summed E-state index contributed by atoms with van der Waals surface area (Å²) in [5.74, 6) is 0.218. The van der Waals surface area contributed by atoms with E-state index in [-0.39, 0.29) is 23.9 Å². The van der Waals surface area contributed by atoms with Crippen LogP contribution in [0.3, 0.4) is 0 Å². The minimum atomic E-state index is -0.278. The molecule has 2 atom stereocenters. The number of fused-ring (bicyclic) bond motifs is 1. The highest BCUT2D eigenvalue weighted by atomic mass is 16.2. The van der Waals surface area contributed by atoms with Gasteiger partial charge in [0.1, 0.15) is 12.1 Å². The van der Waals surface area contributed by atoms with Crippen LogP contribution in [0.4, 0.5) is 0 Å². The Hall–Kier alpha value is -1.32. The van der Waals surface area contributed by atoms with Gasteiger partial charge in [0.25, 0.3) is 0 Å². The van der Waals surface area contributed by atoms with Crippen LogP contribution in [0.15, 0.2) is 12.7 Å². The standard InChI is InChI=1S/C12H18N2O2/c1-3-7-13-9(4-2)11(15)14-8-5-6-10(14)12(13)16/h3,9-10H,1,4-8H2,2H3. The fourth-order valence-corrected chi connectivity index (χ4v) is 2.71. The molecule has 2 amide bonds. The molecule has 0 radical (unpaired) electrons. The molecule has 0 saturated carbocycles. The first kappa shape index (κ1) is 11.2. The molecule has 2 rings (SSSR count). The third kappa shape index (κ3) is 1.52. The number of carbonyl (C=O) groups is 2. The molecule has 4 nitrogen and oxygen atoms in total. The highest BCUT2D eigenvalue weighted by Crippen LogP contribution is 2.27. The lowest BCUT2D eigenvalue weighted by Gasteiger charge is -2.41. The summed E-state index contributed by atoms with van der Waals surface area (Å²) in [7, 11) is 0. The van der Waals surface area contributed by atoms with Crippen molar-refractivity contribution in [3.63, 3.8) is 0 Å². The third-order valence-electron chi connectivity index (χ3n) is 3.48. The van der Waals surface area contributed by atoms with Crippen LogP contribution < -0.4 is 0 Å². The first-order chi connectivity index (χ1) is 7.70. The molecule has 2 unspecified atom stereocenters. The summed E-state index contributed by atoms with van der Waals surface area (Å²) >= 11 is 0. The summed E-state index contributed by atoms with van der Waals surface area (Å²) in [5.41, 5.74) is 0. The van der Waals surface area contributed by atoms with Gasteiger partial charge in [0.15, 0.2) is 0 Å². The van der Waals surface area contributed by atoms with Crippen LogP contribution in [0.5, 0.6) is 0 Å². The molecular formula is C12H18N2O2. The molecule has 0 N–H and O–H groups in total. The van der Waals surface area contributed by atoms with Crippen molar-refractivity contribution in [2.45, 2.75) is 38.3 Å². The van der Waals surface area contributed by atoms with E-state index in [0.717, 1.165) is 19.4 Å². The Labute approximate surface area is 95.9 Å². The van der Waals surface area contributed by atoms with Gasteiger partial charge in [0.05, 0.1) is 0 Å². The average molecular weight is 222 g/mol. The van der Waals surface area contributed by atoms with Crippen molar-refractivity contribution in [3.05, 3.63) is 12.7 Å². The Morgan fingerprint density at radius 3 is 2.81 bits per heavy atom. The number of hydrogen-bond donors (Lipinski definition) is 0. The molecule has 2 fully saturated rings. The van der Waals surface area contributed by atoms with Gasteiger partial charge in [-0.05, 0) is 19.3 Å². The van der Waals surface area contributed by atoms with E-state index in [0.29, 0.717) is 13.0 Å². The molecule has 2 saturated heterocycles. The van der Waals surface area contributed by atoms with Crippen LogP contribution in [0, 0.1) is 0 Å². The Kier molecular flexibility index (Phi) is 2.99. The zero-order valence-corrected chi connectivity index (χ0v) is 9.69. The van der Waals surface area contributed by atoms with Crippen molar-refractivity contribution < 1.29 is 9.59 Å². The lowest BCUT2D eigenvalue weighted by atomic mass is 10.0. The fourth-order valence-electron chi connectivity index (χ4n) is 2.71. The van der Waals surface area contributed by atoms with E-state index >= 15 is 0 Å². The van der Waals surface area contributed by atoms with E-state index in [1.54, 1.807) is 15.9 Å². The van der Waals surface area contributed by atoms with Crippen LogP contribution in [0.2, 0.25) is 0 Å². The zero-order valence-electron chi connectivity index (χ0n) is 9.69. The highest BCUT2D eigenvalue weighted by molar-refractivity contribution is 5.97. The molecule has 0 aromatic carbocycles. The summed E-state index contributed by atoms with van der Waals surface area (Å²) in [6.07, 6.45) is 4.13. The van der Waals surface area contributed by atoms with E-state index in [9.17, 15) is 9.59 Å². The van der Waals surface area contributed by atoms with Crippen molar-refractivity contribution in [1.82, 2.24) is 9.80 Å². The van der Waals surface area contributed by atoms with E-state index in [1.165, 1.54) is 0 Å². The van der Waals surface area contributed by atoms with Gasteiger partial charge in [-0.15, -0.1) is 6.58 Å². The highest BCUT2D eigenvalue weighted by Gasteiger charge is 2.46. The Morgan fingerprint density at radius 1 is 1.44 bits per heavy atom. The normalized spacial score (nSPS) is 29.6. The van der Waals surface area contributed by atoms with Crippen LogP contribution >= 0.6 is 0 Å². The topological polar surface area (TPSA) is 40.6 Å². The number of piperazine rings is 1. The number of nitrogens with zero attached hydrogens (tertiary/aromatic N) is 2. The second-order valence-corrected chi connectivity index (χ2v) is 4.39. The molecule has 2 aliphatic rings. The molecule has 4 heteroatoms. The van der Waals surface area contributed by atoms with Crippen LogP contribution in [0.1, 0.15) is 26.2 Å². The van der Waals surface area contributed by atoms with E-state index in [1.807, 2.05) is 6.92 Å². The molecule has 0 aromatic rings. The number of carbonyl (C=O) groups excluding carboxylic acids is 2. The maximum atomic E-state index is 12.2. The van der Waals surface area contributed by atoms with Crippen LogP contribution in [0.25, 0.3) is 0 Å². The van der Waals surface area contributed by atoms with E-state index < -0.39 is 0 Å². The number of amides is 2. The van der Waals surface area contributed by atoms with Crippen molar-refractivity contribution in [2.75, 3.05) is 13.1 Å². The molecule has 0 spiro atoms. The minimum Gasteiger partial charge on any atom is -0.329 e. The minimum absolute atomic E-state index is 0.101. The van der Waals surface area contributed by atoms with Gasteiger partial charge in [0, 0.05) is 13.1 Å². The van der Waals surface area contributed by atoms with Gasteiger partial charge in [0.2, 0.25) is 11.8 Å². The van der Waals surface area contributed by atoms with Crippen LogP contribution in [-0.2, 0) is 9.59 Å². The van der Waals surface area contributed by atoms with Crippen molar-refractivity contribution in [3.8, 4) is 0 Å². The lowest BCUT2D eigenvalue weighted by Crippen LogP contribution is -2.62. The summed E-state index contributed by atoms with van der Waals surface area (Å²) < 4.78 is 0. The van der Waals surface area contributed by atoms with Crippen LogP contribution in [-0.4, -0.2) is 46.8 Å². The van der Waals surface area contributed by atoms with Crippen molar-refractivity contribution in [1.29, 1.82) is 0 Å². The van der Waals surface area contributed by atoms with Crippen molar-refractivity contribution >= 4 is 11.8 Å². The summed E-state index contributed by atoms with van der Waals surface area (Å²) in [6.45, 7) is 6.82. The maximum Gasteiger partial charge on any atom is 0.246 e. The second kappa shape index (κ2) is 4.28. The molecule has 0 bridgehead atoms. The smallest absolute Gasteiger partial charge is 0.246 e. The first-order valence-electron chi connectivity index (χ1n) is 5.92. The molecule has 2 heterocycles. The predicted octanol–water partition coefficient (Wildman–Crippen LogP) is 0.784. The van der Waals surface area contributed by atoms with Gasteiger partial charge in [-0.3, -0.25) is 9.59 Å². The van der Waals surface area contributed by atoms with Gasteiger partial charge < -0.3 is 9.80 Å². The average Bonchev–Trinajstić information content (AvgIpc) is 2.75. The largest absolute Gasteiger partial charge is 0.329 e. The predicted molar refractivity (Wildman–Crippen MR) is 60.7 cm³/mol. The van der Waals surface area contributed by atoms with E-state index in [2.05, 4.69) is 6.58 Å². The monoisotopic (exact) mass is 222 g/mol. The van der Waals surface area contributed by atoms with Gasteiger partial charge in [-0.25, -0.2) is 0 Å². The second-order valence-electron chi connectivity index (χ2n) is 4.39. The summed E-state index contributed by atoms with van der Waals surface area (Å²) in [5, 5.41) is 0. The molecule has 16 heavy (non-hydrogen) atoms. The quantitative estimate of drug-likeness (QED) is 0.662. The number of hydrogen-bond acceptors (Lipinski definition) is 2. The summed E-state index contributed by atoms with van der Waals surface area (Å²) in [6, 6.07) is -0.477. The SMILES string of the molecule is C=CCN1C(=O)C2CCCN2C(=O)C1CC. The third-order valence-corrected chi connectivity index (χ3v) is 3.48. The first-order valence-corrected chi connectivity index (χ1v) is 5.92. The van der Waals surface area contributed by atoms with E-state index in [4.69, 9.17) is 0 Å². The Morgan fingerprint density at radius 2 is 2.19 bits per heavy atom. The fraction of sp³-hybridized carbons (Fsp3) is 0.667. The van der Waals surface area contributed by atoms with Gasteiger partial charge >= 0.3 is 0 Å². The van der Waals surface area contributed by atoms with Gasteiger partial charge in [-0.2, -0.15) is 0 Å². The zero-order chi connectivity index (χ0) is 11.7. The molecule has 2 aliphatic heterocycles. The Balaban J connectivity index is 2.27. The maximum absolute atomic E-state index is 12.2. The van der Waals surface area contributed by atoms with Crippen molar-refractivity contribution in [2.24, 2.45) is 0 Å². The molecule has 88 valence electrons.